The van der Waals surface area contributed by atoms with E-state index in [0.29, 0.717) is 5.41 Å². The van der Waals surface area contributed by atoms with Gasteiger partial charge in [0.05, 0.1) is 13.2 Å². The van der Waals surface area contributed by atoms with Crippen molar-refractivity contribution in [2.45, 2.75) is 33.6 Å². The first-order chi connectivity index (χ1) is 4.68. The maximum Gasteiger partial charge on any atom is 0.0544 e. The molecule has 0 aromatic carbocycles. The predicted molar refractivity (Wildman–Crippen MR) is 43.0 cm³/mol. The monoisotopic (exact) mass is 142 g/mol. The summed E-state index contributed by atoms with van der Waals surface area (Å²) in [4.78, 5) is 0. The molecular weight excluding hydrogens is 124 g/mol. The molecule has 0 spiro atoms. The van der Waals surface area contributed by atoms with Crippen LogP contribution in [0.15, 0.2) is 0 Å². The van der Waals surface area contributed by atoms with Crippen LogP contribution in [0.1, 0.15) is 33.6 Å². The maximum atomic E-state index is 5.23. The molecular formula is C9H18O. The van der Waals surface area contributed by atoms with Gasteiger partial charge in [0, 0.05) is 5.41 Å². The van der Waals surface area contributed by atoms with Crippen LogP contribution in [-0.2, 0) is 4.74 Å². The van der Waals surface area contributed by atoms with Gasteiger partial charge in [-0.25, -0.2) is 0 Å². The highest BCUT2D eigenvalue weighted by molar-refractivity contribution is 4.84. The summed E-state index contributed by atoms with van der Waals surface area (Å²) in [6.07, 6.45) is 2.62. The highest BCUT2D eigenvalue weighted by Crippen LogP contribution is 2.37. The Morgan fingerprint density at radius 2 is 2.00 bits per heavy atom. The number of hydrogen-bond acceptors (Lipinski definition) is 1. The Kier molecular flexibility index (Phi) is 2.35. The van der Waals surface area contributed by atoms with E-state index in [4.69, 9.17) is 4.74 Å². The standard InChI is InChI=1S/C9H18O/c1-4-9(5-8(2)3)6-10-7-9/h8H,4-7H2,1-3H3. The second kappa shape index (κ2) is 2.91. The Hall–Kier alpha value is -0.0400. The van der Waals surface area contributed by atoms with Crippen molar-refractivity contribution in [3.8, 4) is 0 Å². The van der Waals surface area contributed by atoms with E-state index in [1.54, 1.807) is 0 Å². The fraction of sp³-hybridized carbons (Fsp3) is 1.00. The van der Waals surface area contributed by atoms with Crippen molar-refractivity contribution in [1.82, 2.24) is 0 Å². The molecule has 1 heteroatoms. The van der Waals surface area contributed by atoms with Crippen molar-refractivity contribution >= 4 is 0 Å². The molecule has 1 rings (SSSR count). The summed E-state index contributed by atoms with van der Waals surface area (Å²) in [6, 6.07) is 0. The summed E-state index contributed by atoms with van der Waals surface area (Å²) in [5.41, 5.74) is 0.564. The lowest BCUT2D eigenvalue weighted by atomic mass is 9.76. The molecule has 10 heavy (non-hydrogen) atoms. The first kappa shape index (κ1) is 8.06. The minimum Gasteiger partial charge on any atom is -0.380 e. The molecule has 0 aromatic rings. The third kappa shape index (κ3) is 1.51. The summed E-state index contributed by atoms with van der Waals surface area (Å²) in [7, 11) is 0. The van der Waals surface area contributed by atoms with Gasteiger partial charge < -0.3 is 4.74 Å². The van der Waals surface area contributed by atoms with Gasteiger partial charge in [0.1, 0.15) is 0 Å². The highest BCUT2D eigenvalue weighted by atomic mass is 16.5. The molecule has 0 aromatic heterocycles. The van der Waals surface area contributed by atoms with Crippen molar-refractivity contribution in [3.63, 3.8) is 0 Å². The minimum atomic E-state index is 0.564. The Labute approximate surface area is 63.8 Å². The van der Waals surface area contributed by atoms with E-state index in [2.05, 4.69) is 20.8 Å². The van der Waals surface area contributed by atoms with E-state index in [-0.39, 0.29) is 0 Å². The summed E-state index contributed by atoms with van der Waals surface area (Å²) >= 11 is 0. The summed E-state index contributed by atoms with van der Waals surface area (Å²) in [6.45, 7) is 8.85. The van der Waals surface area contributed by atoms with Gasteiger partial charge in [-0.2, -0.15) is 0 Å². The second-order valence-corrected chi connectivity index (χ2v) is 3.94. The Balaban J connectivity index is 2.33. The van der Waals surface area contributed by atoms with Crippen molar-refractivity contribution < 1.29 is 4.74 Å². The molecule has 0 aliphatic carbocycles. The third-order valence-corrected chi connectivity index (χ3v) is 2.41. The third-order valence-electron chi connectivity index (χ3n) is 2.41. The van der Waals surface area contributed by atoms with E-state index in [1.807, 2.05) is 0 Å². The number of hydrogen-bond donors (Lipinski definition) is 0. The number of ether oxygens (including phenoxy) is 1. The average molecular weight is 142 g/mol. The zero-order valence-electron chi connectivity index (χ0n) is 7.31. The lowest BCUT2D eigenvalue weighted by molar-refractivity contribution is -0.124. The summed E-state index contributed by atoms with van der Waals surface area (Å²) < 4.78 is 5.23. The molecule has 0 bridgehead atoms. The van der Waals surface area contributed by atoms with Crippen LogP contribution in [0.25, 0.3) is 0 Å². The molecule has 0 radical (unpaired) electrons. The fourth-order valence-electron chi connectivity index (χ4n) is 1.72. The van der Waals surface area contributed by atoms with Gasteiger partial charge >= 0.3 is 0 Å². The molecule has 0 atom stereocenters. The van der Waals surface area contributed by atoms with Crippen LogP contribution in [0.4, 0.5) is 0 Å². The Morgan fingerprint density at radius 1 is 1.40 bits per heavy atom. The van der Waals surface area contributed by atoms with E-state index in [9.17, 15) is 0 Å². The van der Waals surface area contributed by atoms with Gasteiger partial charge in [0.15, 0.2) is 0 Å². The van der Waals surface area contributed by atoms with Crippen LogP contribution in [0.3, 0.4) is 0 Å². The van der Waals surface area contributed by atoms with Crippen LogP contribution >= 0.6 is 0 Å². The van der Waals surface area contributed by atoms with Crippen LogP contribution in [0, 0.1) is 11.3 Å². The Bertz CT molecular complexity index is 97.8. The quantitative estimate of drug-likeness (QED) is 0.588. The molecule has 60 valence electrons. The molecule has 0 amide bonds. The second-order valence-electron chi connectivity index (χ2n) is 3.94. The lowest BCUT2D eigenvalue weighted by Crippen LogP contribution is -2.42. The zero-order valence-corrected chi connectivity index (χ0v) is 7.31. The molecule has 1 aliphatic rings. The van der Waals surface area contributed by atoms with Gasteiger partial charge in [-0.05, 0) is 18.8 Å². The van der Waals surface area contributed by atoms with Crippen molar-refractivity contribution in [2.75, 3.05) is 13.2 Å². The molecule has 1 saturated heterocycles. The molecule has 1 aliphatic heterocycles. The molecule has 1 nitrogen and oxygen atoms in total. The van der Waals surface area contributed by atoms with Crippen LogP contribution in [0.2, 0.25) is 0 Å². The highest BCUT2D eigenvalue weighted by Gasteiger charge is 2.36. The van der Waals surface area contributed by atoms with Gasteiger partial charge in [-0.15, -0.1) is 0 Å². The summed E-state index contributed by atoms with van der Waals surface area (Å²) in [5.74, 6) is 0.823. The fourth-order valence-corrected chi connectivity index (χ4v) is 1.72. The molecule has 0 N–H and O–H groups in total. The zero-order chi connectivity index (χ0) is 7.61. The largest absolute Gasteiger partial charge is 0.380 e. The van der Waals surface area contributed by atoms with Gasteiger partial charge in [0.25, 0.3) is 0 Å². The lowest BCUT2D eigenvalue weighted by Gasteiger charge is -2.42. The Morgan fingerprint density at radius 3 is 2.10 bits per heavy atom. The average Bonchev–Trinajstić information content (AvgIpc) is 1.78. The van der Waals surface area contributed by atoms with E-state index in [1.165, 1.54) is 12.8 Å². The van der Waals surface area contributed by atoms with Gasteiger partial charge in [-0.1, -0.05) is 20.8 Å². The van der Waals surface area contributed by atoms with Crippen molar-refractivity contribution in [1.29, 1.82) is 0 Å². The molecule has 1 heterocycles. The van der Waals surface area contributed by atoms with E-state index >= 15 is 0 Å². The first-order valence-corrected chi connectivity index (χ1v) is 4.26. The predicted octanol–water partition coefficient (Wildman–Crippen LogP) is 2.46. The normalized spacial score (nSPS) is 22.8. The van der Waals surface area contributed by atoms with Crippen LogP contribution in [0.5, 0.6) is 0 Å². The topological polar surface area (TPSA) is 9.23 Å². The van der Waals surface area contributed by atoms with Crippen molar-refractivity contribution in [2.24, 2.45) is 11.3 Å². The van der Waals surface area contributed by atoms with Gasteiger partial charge in [0.2, 0.25) is 0 Å². The van der Waals surface area contributed by atoms with E-state index < -0.39 is 0 Å². The number of rotatable bonds is 3. The van der Waals surface area contributed by atoms with E-state index in [0.717, 1.165) is 19.1 Å². The molecule has 0 saturated carbocycles. The minimum absolute atomic E-state index is 0.564. The van der Waals surface area contributed by atoms with Crippen molar-refractivity contribution in [3.05, 3.63) is 0 Å². The maximum absolute atomic E-state index is 5.23. The first-order valence-electron chi connectivity index (χ1n) is 4.26. The molecule has 0 unspecified atom stereocenters. The molecule has 1 fully saturated rings. The SMILES string of the molecule is CCC1(CC(C)C)COC1. The van der Waals surface area contributed by atoms with Crippen LogP contribution < -0.4 is 0 Å². The summed E-state index contributed by atoms with van der Waals surface area (Å²) in [5, 5.41) is 0. The van der Waals surface area contributed by atoms with Gasteiger partial charge in [-0.3, -0.25) is 0 Å². The smallest absolute Gasteiger partial charge is 0.0544 e. The van der Waals surface area contributed by atoms with Crippen LogP contribution in [-0.4, -0.2) is 13.2 Å².